The van der Waals surface area contributed by atoms with E-state index in [1.54, 1.807) is 17.0 Å². The number of carbonyl (C=O) groups excluding carboxylic acids is 1. The monoisotopic (exact) mass is 382 g/mol. The molecule has 4 nitrogen and oxygen atoms in total. The maximum Gasteiger partial charge on any atom is 0.256 e. The van der Waals surface area contributed by atoms with Crippen LogP contribution in [0.3, 0.4) is 0 Å². The molecule has 1 heterocycles. The van der Waals surface area contributed by atoms with Gasteiger partial charge in [-0.2, -0.15) is 0 Å². The molecule has 0 aromatic heterocycles. The number of carbonyl (C=O) groups is 1. The fourth-order valence-corrected chi connectivity index (χ4v) is 3.08. The molecule has 1 fully saturated rings. The molecule has 2 N–H and O–H groups in total. The van der Waals surface area contributed by atoms with Gasteiger partial charge >= 0.3 is 0 Å². The molecule has 0 radical (unpaired) electrons. The van der Waals surface area contributed by atoms with Gasteiger partial charge in [0.1, 0.15) is 17.4 Å². The van der Waals surface area contributed by atoms with Crippen molar-refractivity contribution >= 4 is 18.3 Å². The van der Waals surface area contributed by atoms with Crippen LogP contribution in [0.1, 0.15) is 23.2 Å². The first-order chi connectivity index (χ1) is 12.0. The summed E-state index contributed by atoms with van der Waals surface area (Å²) in [6.07, 6.45) is 1.67. The summed E-state index contributed by atoms with van der Waals surface area (Å²) < 4.78 is 33.6. The lowest BCUT2D eigenvalue weighted by Gasteiger charge is -2.31. The van der Waals surface area contributed by atoms with Gasteiger partial charge in [-0.1, -0.05) is 6.07 Å². The van der Waals surface area contributed by atoms with Crippen molar-refractivity contribution in [1.29, 1.82) is 0 Å². The van der Waals surface area contributed by atoms with Gasteiger partial charge in [0.05, 0.1) is 12.7 Å². The van der Waals surface area contributed by atoms with Crippen molar-refractivity contribution in [3.8, 4) is 16.9 Å². The molecule has 2 aromatic rings. The van der Waals surface area contributed by atoms with Crippen molar-refractivity contribution < 1.29 is 18.3 Å². The number of hydrogen-bond acceptors (Lipinski definition) is 3. The van der Waals surface area contributed by atoms with Crippen LogP contribution < -0.4 is 10.5 Å². The van der Waals surface area contributed by atoms with Crippen molar-refractivity contribution in [2.45, 2.75) is 18.9 Å². The van der Waals surface area contributed by atoms with Gasteiger partial charge in [-0.05, 0) is 42.7 Å². The van der Waals surface area contributed by atoms with Gasteiger partial charge in [0.15, 0.2) is 0 Å². The van der Waals surface area contributed by atoms with E-state index in [-0.39, 0.29) is 35.5 Å². The van der Waals surface area contributed by atoms with Gasteiger partial charge in [-0.3, -0.25) is 4.79 Å². The highest BCUT2D eigenvalue weighted by Crippen LogP contribution is 2.28. The van der Waals surface area contributed by atoms with Crippen molar-refractivity contribution in [3.05, 3.63) is 53.6 Å². The second-order valence-corrected chi connectivity index (χ2v) is 6.19. The number of ether oxygens (including phenoxy) is 1. The van der Waals surface area contributed by atoms with E-state index in [0.29, 0.717) is 24.4 Å². The zero-order valence-corrected chi connectivity index (χ0v) is 15.2. The van der Waals surface area contributed by atoms with Crippen LogP contribution in [0.5, 0.6) is 5.75 Å². The summed E-state index contributed by atoms with van der Waals surface area (Å²) in [7, 11) is 1.45. The molecule has 26 heavy (non-hydrogen) atoms. The SMILES string of the molecule is COc1ccc(-c2ccc(C(=O)N3CCCC(N)C3)c(F)c2)c(F)c1.Cl. The Morgan fingerprint density at radius 2 is 1.96 bits per heavy atom. The van der Waals surface area contributed by atoms with E-state index in [1.165, 1.54) is 31.4 Å². The molecular weight excluding hydrogens is 362 g/mol. The summed E-state index contributed by atoms with van der Waals surface area (Å²) in [5, 5.41) is 0. The molecule has 1 amide bonds. The zero-order valence-electron chi connectivity index (χ0n) is 14.4. The summed E-state index contributed by atoms with van der Waals surface area (Å²) in [6.45, 7) is 0.994. The molecule has 140 valence electrons. The van der Waals surface area contributed by atoms with Crippen molar-refractivity contribution in [1.82, 2.24) is 4.90 Å². The van der Waals surface area contributed by atoms with E-state index in [9.17, 15) is 13.6 Å². The Labute approximate surface area is 157 Å². The Morgan fingerprint density at radius 1 is 1.19 bits per heavy atom. The number of likely N-dealkylation sites (tertiary alicyclic amines) is 1. The number of nitrogens with two attached hydrogens (primary N) is 1. The average molecular weight is 383 g/mol. The topological polar surface area (TPSA) is 55.6 Å². The largest absolute Gasteiger partial charge is 0.497 e. The Morgan fingerprint density at radius 3 is 2.58 bits per heavy atom. The van der Waals surface area contributed by atoms with Crippen molar-refractivity contribution in [2.75, 3.05) is 20.2 Å². The first-order valence-corrected chi connectivity index (χ1v) is 8.18. The molecule has 0 saturated carbocycles. The van der Waals surface area contributed by atoms with E-state index in [0.717, 1.165) is 12.8 Å². The third-order valence-corrected chi connectivity index (χ3v) is 4.43. The fraction of sp³-hybridized carbons (Fsp3) is 0.316. The predicted octanol–water partition coefficient (Wildman–Crippen LogP) is 3.63. The minimum absolute atomic E-state index is 0. The van der Waals surface area contributed by atoms with Crippen LogP contribution in [0, 0.1) is 11.6 Å². The summed E-state index contributed by atoms with van der Waals surface area (Å²) in [4.78, 5) is 14.1. The highest BCUT2D eigenvalue weighted by molar-refractivity contribution is 5.95. The number of hydrogen-bond donors (Lipinski definition) is 1. The number of rotatable bonds is 3. The molecule has 2 aromatic carbocycles. The van der Waals surface area contributed by atoms with Crippen molar-refractivity contribution in [2.24, 2.45) is 5.73 Å². The van der Waals surface area contributed by atoms with Crippen LogP contribution in [-0.2, 0) is 0 Å². The highest BCUT2D eigenvalue weighted by atomic mass is 35.5. The Bertz CT molecular complexity index is 801. The van der Waals surface area contributed by atoms with Gasteiger partial charge in [0, 0.05) is 30.8 Å². The molecular formula is C19H21ClF2N2O2. The van der Waals surface area contributed by atoms with Gasteiger partial charge in [0.2, 0.25) is 0 Å². The van der Waals surface area contributed by atoms with E-state index in [1.807, 2.05) is 0 Å². The van der Waals surface area contributed by atoms with Crippen LogP contribution in [0.15, 0.2) is 36.4 Å². The van der Waals surface area contributed by atoms with Gasteiger partial charge < -0.3 is 15.4 Å². The normalized spacial score (nSPS) is 16.8. The molecule has 1 atom stereocenters. The molecule has 3 rings (SSSR count). The fourth-order valence-electron chi connectivity index (χ4n) is 3.08. The number of nitrogens with zero attached hydrogens (tertiary/aromatic N) is 1. The Hall–Kier alpha value is -2.18. The second-order valence-electron chi connectivity index (χ2n) is 6.19. The van der Waals surface area contributed by atoms with E-state index in [4.69, 9.17) is 10.5 Å². The molecule has 0 aliphatic carbocycles. The maximum atomic E-state index is 14.5. The second kappa shape index (κ2) is 8.47. The summed E-state index contributed by atoms with van der Waals surface area (Å²) in [5.41, 5.74) is 6.47. The highest BCUT2D eigenvalue weighted by Gasteiger charge is 2.24. The van der Waals surface area contributed by atoms with E-state index in [2.05, 4.69) is 0 Å². The minimum atomic E-state index is -0.670. The smallest absolute Gasteiger partial charge is 0.256 e. The molecule has 1 saturated heterocycles. The van der Waals surface area contributed by atoms with Crippen LogP contribution in [0.25, 0.3) is 11.1 Å². The quantitative estimate of drug-likeness (QED) is 0.882. The molecule has 0 bridgehead atoms. The molecule has 7 heteroatoms. The summed E-state index contributed by atoms with van der Waals surface area (Å²) >= 11 is 0. The van der Waals surface area contributed by atoms with Gasteiger partial charge in [0.25, 0.3) is 5.91 Å². The van der Waals surface area contributed by atoms with Crippen LogP contribution in [0.2, 0.25) is 0 Å². The number of piperidine rings is 1. The number of halogens is 3. The summed E-state index contributed by atoms with van der Waals surface area (Å²) in [6, 6.07) is 8.41. The third kappa shape index (κ3) is 4.14. The number of benzene rings is 2. The molecule has 1 aliphatic rings. The maximum absolute atomic E-state index is 14.5. The lowest BCUT2D eigenvalue weighted by Crippen LogP contribution is -2.45. The summed E-state index contributed by atoms with van der Waals surface area (Å²) in [5.74, 6) is -1.18. The standard InChI is InChI=1S/C19H20F2N2O2.ClH/c1-25-14-5-7-15(18(21)10-14)12-4-6-16(17(20)9-12)19(24)23-8-2-3-13(22)11-23;/h4-7,9-10,13H,2-3,8,11,22H2,1H3;1H. The van der Waals surface area contributed by atoms with Gasteiger partial charge in [-0.15, -0.1) is 12.4 Å². The molecule has 0 spiro atoms. The lowest BCUT2D eigenvalue weighted by atomic mass is 10.0. The predicted molar refractivity (Wildman–Crippen MR) is 98.7 cm³/mol. The van der Waals surface area contributed by atoms with E-state index >= 15 is 0 Å². The van der Waals surface area contributed by atoms with Crippen molar-refractivity contribution in [3.63, 3.8) is 0 Å². The first-order valence-electron chi connectivity index (χ1n) is 8.18. The zero-order chi connectivity index (χ0) is 18.0. The van der Waals surface area contributed by atoms with Gasteiger partial charge in [-0.25, -0.2) is 8.78 Å². The number of methoxy groups -OCH3 is 1. The average Bonchev–Trinajstić information content (AvgIpc) is 2.61. The van der Waals surface area contributed by atoms with Crippen LogP contribution >= 0.6 is 12.4 Å². The molecule has 1 unspecified atom stereocenters. The Kier molecular flexibility index (Phi) is 6.56. The Balaban J connectivity index is 0.00000243. The van der Waals surface area contributed by atoms with E-state index < -0.39 is 11.6 Å². The van der Waals surface area contributed by atoms with Crippen LogP contribution in [0.4, 0.5) is 8.78 Å². The minimum Gasteiger partial charge on any atom is -0.497 e. The molecule has 1 aliphatic heterocycles. The lowest BCUT2D eigenvalue weighted by molar-refractivity contribution is 0.0704. The third-order valence-electron chi connectivity index (χ3n) is 4.43. The van der Waals surface area contributed by atoms with Crippen LogP contribution in [-0.4, -0.2) is 37.0 Å². The first kappa shape index (κ1) is 20.1. The number of amides is 1.